The average Bonchev–Trinajstić information content (AvgIpc) is 2.54. The minimum atomic E-state index is -0.521. The van der Waals surface area contributed by atoms with Gasteiger partial charge < -0.3 is 15.4 Å². The van der Waals surface area contributed by atoms with Gasteiger partial charge in [-0.1, -0.05) is 23.7 Å². The highest BCUT2D eigenvalue weighted by Gasteiger charge is 2.46. The predicted molar refractivity (Wildman–Crippen MR) is 87.3 cm³/mol. The molecule has 0 radical (unpaired) electrons. The number of ether oxygens (including phenoxy) is 1. The lowest BCUT2D eigenvalue weighted by Gasteiger charge is -2.45. The molecule has 1 fully saturated rings. The van der Waals surface area contributed by atoms with Crippen LogP contribution in [0.2, 0.25) is 5.02 Å². The molecule has 1 aliphatic heterocycles. The number of nitrogens with zero attached hydrogens (tertiary/aromatic N) is 1. The van der Waals surface area contributed by atoms with E-state index in [1.807, 2.05) is 55.5 Å². The average molecular weight is 317 g/mol. The van der Waals surface area contributed by atoms with Gasteiger partial charge in [-0.2, -0.15) is 0 Å². The maximum Gasteiger partial charge on any atom is 0.247 e. The summed E-state index contributed by atoms with van der Waals surface area (Å²) in [6.07, 6.45) is 0. The molecule has 2 aromatic rings. The largest absolute Gasteiger partial charge is 0.494 e. The molecular weight excluding hydrogens is 300 g/mol. The third-order valence-electron chi connectivity index (χ3n) is 3.78. The van der Waals surface area contributed by atoms with Crippen molar-refractivity contribution in [3.63, 3.8) is 0 Å². The smallest absolute Gasteiger partial charge is 0.247 e. The number of hydrogen-bond acceptors (Lipinski definition) is 3. The first-order valence-corrected chi connectivity index (χ1v) is 7.56. The Bertz CT molecular complexity index is 670. The fourth-order valence-electron chi connectivity index (χ4n) is 2.69. The zero-order valence-electron chi connectivity index (χ0n) is 12.2. The summed E-state index contributed by atoms with van der Waals surface area (Å²) in [5.74, 6) is 0.704. The van der Waals surface area contributed by atoms with Crippen molar-refractivity contribution in [1.82, 2.24) is 0 Å². The zero-order chi connectivity index (χ0) is 15.7. The highest BCUT2D eigenvalue weighted by molar-refractivity contribution is 6.30. The van der Waals surface area contributed by atoms with Crippen LogP contribution in [0.15, 0.2) is 48.5 Å². The number of carbonyl (C=O) groups is 1. The quantitative estimate of drug-likeness (QED) is 0.882. The molecule has 0 aliphatic carbocycles. The van der Waals surface area contributed by atoms with Gasteiger partial charge in [0.1, 0.15) is 11.8 Å². The van der Waals surface area contributed by atoms with Crippen LogP contribution in [0.5, 0.6) is 5.75 Å². The second kappa shape index (κ2) is 5.99. The molecule has 0 bridgehead atoms. The first-order valence-electron chi connectivity index (χ1n) is 7.19. The molecule has 1 aliphatic rings. The molecule has 1 heterocycles. The minimum Gasteiger partial charge on any atom is -0.494 e. The Morgan fingerprint density at radius 2 is 1.77 bits per heavy atom. The van der Waals surface area contributed by atoms with Crippen molar-refractivity contribution in [3.8, 4) is 5.75 Å². The van der Waals surface area contributed by atoms with Crippen LogP contribution in [0.4, 0.5) is 5.69 Å². The lowest BCUT2D eigenvalue weighted by Crippen LogP contribution is -2.63. The highest BCUT2D eigenvalue weighted by atomic mass is 35.5. The molecule has 0 spiro atoms. The summed E-state index contributed by atoms with van der Waals surface area (Å²) >= 11 is 5.92. The number of halogens is 1. The number of hydrogen-bond donors (Lipinski definition) is 1. The summed E-state index contributed by atoms with van der Waals surface area (Å²) in [5, 5.41) is 0.663. The van der Waals surface area contributed by atoms with Crippen LogP contribution in [0.3, 0.4) is 0 Å². The van der Waals surface area contributed by atoms with Crippen LogP contribution in [0.25, 0.3) is 0 Å². The Labute approximate surface area is 134 Å². The van der Waals surface area contributed by atoms with E-state index in [1.165, 1.54) is 0 Å². The van der Waals surface area contributed by atoms with E-state index in [4.69, 9.17) is 22.1 Å². The van der Waals surface area contributed by atoms with Crippen LogP contribution in [0.1, 0.15) is 18.5 Å². The maximum atomic E-state index is 12.2. The molecule has 0 saturated carbocycles. The molecule has 5 heteroatoms. The van der Waals surface area contributed by atoms with Crippen molar-refractivity contribution >= 4 is 23.2 Å². The van der Waals surface area contributed by atoms with Crippen molar-refractivity contribution in [1.29, 1.82) is 0 Å². The van der Waals surface area contributed by atoms with Gasteiger partial charge >= 0.3 is 0 Å². The lowest BCUT2D eigenvalue weighted by molar-refractivity contribution is -0.126. The second-order valence-electron chi connectivity index (χ2n) is 5.16. The number of anilines is 1. The molecule has 22 heavy (non-hydrogen) atoms. The van der Waals surface area contributed by atoms with Gasteiger partial charge in [0.2, 0.25) is 5.91 Å². The number of benzene rings is 2. The molecule has 1 amide bonds. The third kappa shape index (κ3) is 2.56. The lowest BCUT2D eigenvalue weighted by atomic mass is 9.88. The summed E-state index contributed by atoms with van der Waals surface area (Å²) < 4.78 is 5.42. The Morgan fingerprint density at radius 1 is 1.14 bits per heavy atom. The van der Waals surface area contributed by atoms with Gasteiger partial charge in [0.05, 0.1) is 12.6 Å². The van der Waals surface area contributed by atoms with E-state index in [2.05, 4.69) is 0 Å². The summed E-state index contributed by atoms with van der Waals surface area (Å²) in [6, 6.07) is 14.2. The topological polar surface area (TPSA) is 55.6 Å². The SMILES string of the molecule is CCOc1ccc(N2C(=O)[C@@H](N)[C@H]2c2ccc(Cl)cc2)cc1. The summed E-state index contributed by atoms with van der Waals surface area (Å²) in [4.78, 5) is 13.9. The van der Waals surface area contributed by atoms with E-state index >= 15 is 0 Å². The minimum absolute atomic E-state index is 0.0795. The normalized spacial score (nSPS) is 20.7. The highest BCUT2D eigenvalue weighted by Crippen LogP contribution is 2.38. The molecular formula is C17H17ClN2O2. The van der Waals surface area contributed by atoms with Crippen LogP contribution in [-0.2, 0) is 4.79 Å². The number of nitrogens with two attached hydrogens (primary N) is 1. The molecule has 3 rings (SSSR count). The monoisotopic (exact) mass is 316 g/mol. The van der Waals surface area contributed by atoms with Gasteiger partial charge in [-0.15, -0.1) is 0 Å². The van der Waals surface area contributed by atoms with Gasteiger partial charge in [-0.25, -0.2) is 0 Å². The Hall–Kier alpha value is -2.04. The van der Waals surface area contributed by atoms with E-state index in [0.29, 0.717) is 11.6 Å². The van der Waals surface area contributed by atoms with E-state index in [1.54, 1.807) is 4.90 Å². The summed E-state index contributed by atoms with van der Waals surface area (Å²) in [7, 11) is 0. The van der Waals surface area contributed by atoms with Crippen molar-refractivity contribution in [2.45, 2.75) is 19.0 Å². The van der Waals surface area contributed by atoms with Crippen LogP contribution >= 0.6 is 11.6 Å². The summed E-state index contributed by atoms with van der Waals surface area (Å²) in [5.41, 5.74) is 7.78. The fraction of sp³-hybridized carbons (Fsp3) is 0.235. The number of amides is 1. The molecule has 2 aromatic carbocycles. The predicted octanol–water partition coefficient (Wildman–Crippen LogP) is 3.15. The van der Waals surface area contributed by atoms with Crippen molar-refractivity contribution < 1.29 is 9.53 Å². The van der Waals surface area contributed by atoms with Gasteiger partial charge in [-0.05, 0) is 48.9 Å². The molecule has 2 atom stereocenters. The molecule has 0 aromatic heterocycles. The van der Waals surface area contributed by atoms with Crippen LogP contribution in [0, 0.1) is 0 Å². The van der Waals surface area contributed by atoms with Crippen molar-refractivity contribution in [2.75, 3.05) is 11.5 Å². The molecule has 2 N–H and O–H groups in total. The Kier molecular flexibility index (Phi) is 4.05. The van der Waals surface area contributed by atoms with Gasteiger partial charge in [0, 0.05) is 10.7 Å². The van der Waals surface area contributed by atoms with E-state index in [0.717, 1.165) is 17.0 Å². The van der Waals surface area contributed by atoms with E-state index in [-0.39, 0.29) is 11.9 Å². The van der Waals surface area contributed by atoms with Gasteiger partial charge in [-0.3, -0.25) is 4.79 Å². The molecule has 1 saturated heterocycles. The van der Waals surface area contributed by atoms with Gasteiger partial charge in [0.25, 0.3) is 0 Å². The van der Waals surface area contributed by atoms with Crippen LogP contribution in [-0.4, -0.2) is 18.6 Å². The van der Waals surface area contributed by atoms with Crippen LogP contribution < -0.4 is 15.4 Å². The number of rotatable bonds is 4. The van der Waals surface area contributed by atoms with E-state index in [9.17, 15) is 4.79 Å². The number of β-lactam (4-membered cyclic amide) rings is 1. The summed E-state index contributed by atoms with van der Waals surface area (Å²) in [6.45, 7) is 2.54. The fourth-order valence-corrected chi connectivity index (χ4v) is 2.81. The van der Waals surface area contributed by atoms with Crippen molar-refractivity contribution in [2.24, 2.45) is 5.73 Å². The molecule has 0 unspecified atom stereocenters. The first kappa shape index (κ1) is 14.9. The standard InChI is InChI=1S/C17H17ClN2O2/c1-2-22-14-9-7-13(8-10-14)20-16(15(19)17(20)21)11-3-5-12(18)6-4-11/h3-10,15-16H,2,19H2,1H3/t15-,16+/m0/s1. The number of carbonyl (C=O) groups excluding carboxylic acids is 1. The maximum absolute atomic E-state index is 12.2. The Morgan fingerprint density at radius 3 is 2.36 bits per heavy atom. The van der Waals surface area contributed by atoms with Gasteiger partial charge in [0.15, 0.2) is 0 Å². The first-order chi connectivity index (χ1) is 10.6. The molecule has 114 valence electrons. The van der Waals surface area contributed by atoms with E-state index < -0.39 is 6.04 Å². The zero-order valence-corrected chi connectivity index (χ0v) is 13.0. The second-order valence-corrected chi connectivity index (χ2v) is 5.59. The van der Waals surface area contributed by atoms with Crippen molar-refractivity contribution in [3.05, 3.63) is 59.1 Å². The third-order valence-corrected chi connectivity index (χ3v) is 4.03. The molecule has 4 nitrogen and oxygen atoms in total. The Balaban J connectivity index is 1.87.